The highest BCUT2D eigenvalue weighted by Gasteiger charge is 2.72. The number of rotatable bonds is 1. The molecule has 3 saturated heterocycles. The van der Waals surface area contributed by atoms with Crippen LogP contribution in [0.1, 0.15) is 10.1 Å². The Balaban J connectivity index is 1.77. The van der Waals surface area contributed by atoms with Crippen LogP contribution in [0.15, 0.2) is 30.3 Å². The SMILES string of the molecule is O=C1SC2(SC1=O)SC(c1ccccc1)SC21SC(=O)C(=O)S1. The van der Waals surface area contributed by atoms with Gasteiger partial charge >= 0.3 is 0 Å². The van der Waals surface area contributed by atoms with Gasteiger partial charge in [0, 0.05) is 0 Å². The molecule has 3 fully saturated rings. The van der Waals surface area contributed by atoms with Crippen molar-refractivity contribution in [2.45, 2.75) is 11.4 Å². The molecule has 0 saturated carbocycles. The summed E-state index contributed by atoms with van der Waals surface area (Å²) in [5.74, 6) is 0. The summed E-state index contributed by atoms with van der Waals surface area (Å²) in [6.45, 7) is 0. The molecular weight excluding hydrogens is 413 g/mol. The first-order valence-corrected chi connectivity index (χ1v) is 11.3. The molecule has 1 aromatic rings. The molecule has 0 atom stereocenters. The summed E-state index contributed by atoms with van der Waals surface area (Å²) in [5.41, 5.74) is 1.04. The Bertz CT molecular complexity index is 672. The molecule has 118 valence electrons. The Morgan fingerprint density at radius 3 is 1.43 bits per heavy atom. The summed E-state index contributed by atoms with van der Waals surface area (Å²) in [4.78, 5) is 47.5. The van der Waals surface area contributed by atoms with Gasteiger partial charge < -0.3 is 0 Å². The molecule has 3 aliphatic rings. The molecule has 0 N–H and O–H groups in total. The number of fused-ring (bicyclic) bond motifs is 1. The van der Waals surface area contributed by atoms with Crippen LogP contribution in [-0.4, -0.2) is 27.3 Å². The Kier molecular flexibility index (Phi) is 4.13. The van der Waals surface area contributed by atoms with E-state index in [-0.39, 0.29) is 4.58 Å². The largest absolute Gasteiger partial charge is 0.277 e. The van der Waals surface area contributed by atoms with Gasteiger partial charge in [-0.1, -0.05) is 30.3 Å². The number of carbonyl (C=O) groups excluding carboxylic acids is 4. The van der Waals surface area contributed by atoms with Gasteiger partial charge in [-0.15, -0.1) is 23.5 Å². The molecular formula is C13H6O4S6. The fourth-order valence-electron chi connectivity index (χ4n) is 2.24. The van der Waals surface area contributed by atoms with Crippen molar-refractivity contribution in [1.29, 1.82) is 0 Å². The van der Waals surface area contributed by atoms with E-state index in [4.69, 9.17) is 0 Å². The zero-order valence-electron chi connectivity index (χ0n) is 11.0. The second kappa shape index (κ2) is 5.77. The van der Waals surface area contributed by atoms with Crippen LogP contribution in [0.3, 0.4) is 0 Å². The Hall–Kier alpha value is -0.000000000000000222. The quantitative estimate of drug-likeness (QED) is 0.633. The fourth-order valence-corrected chi connectivity index (χ4v) is 14.2. The maximum absolute atomic E-state index is 11.9. The molecule has 0 unspecified atom stereocenters. The number of thioether (sulfide) groups is 6. The smallest absolute Gasteiger partial charge is 0.268 e. The predicted octanol–water partition coefficient (Wildman–Crippen LogP) is 3.54. The summed E-state index contributed by atoms with van der Waals surface area (Å²) in [6.07, 6.45) is 0. The van der Waals surface area contributed by atoms with E-state index >= 15 is 0 Å². The van der Waals surface area contributed by atoms with E-state index in [1.54, 1.807) is 0 Å². The van der Waals surface area contributed by atoms with Crippen molar-refractivity contribution >= 4 is 91.0 Å². The van der Waals surface area contributed by atoms with Crippen molar-refractivity contribution < 1.29 is 19.2 Å². The van der Waals surface area contributed by atoms with Crippen LogP contribution in [0.4, 0.5) is 0 Å². The fraction of sp³-hybridized carbons (Fsp3) is 0.231. The van der Waals surface area contributed by atoms with E-state index in [0.717, 1.165) is 52.6 Å². The summed E-state index contributed by atoms with van der Waals surface area (Å²) in [6, 6.07) is 9.70. The molecule has 3 heterocycles. The minimum absolute atomic E-state index is 0.0476. The van der Waals surface area contributed by atoms with E-state index in [9.17, 15) is 19.2 Å². The molecule has 0 radical (unpaired) electrons. The molecule has 10 heteroatoms. The lowest BCUT2D eigenvalue weighted by molar-refractivity contribution is -0.126. The van der Waals surface area contributed by atoms with Gasteiger partial charge in [0.25, 0.3) is 20.5 Å². The molecule has 1 aromatic carbocycles. The van der Waals surface area contributed by atoms with Gasteiger partial charge in [0.05, 0.1) is 4.58 Å². The number of carbonyl (C=O) groups is 4. The first kappa shape index (κ1) is 16.5. The van der Waals surface area contributed by atoms with Gasteiger partial charge in [-0.05, 0) is 52.6 Å². The van der Waals surface area contributed by atoms with Crippen LogP contribution in [-0.2, 0) is 19.2 Å². The first-order valence-electron chi connectivity index (χ1n) is 6.28. The van der Waals surface area contributed by atoms with E-state index in [1.807, 2.05) is 30.3 Å². The average molecular weight is 419 g/mol. The normalized spacial score (nSPS) is 26.1. The minimum atomic E-state index is -0.858. The van der Waals surface area contributed by atoms with E-state index in [1.165, 1.54) is 23.5 Å². The van der Waals surface area contributed by atoms with Gasteiger partial charge in [-0.25, -0.2) is 0 Å². The van der Waals surface area contributed by atoms with Gasteiger partial charge in [-0.2, -0.15) is 0 Å². The molecule has 23 heavy (non-hydrogen) atoms. The third-order valence-corrected chi connectivity index (χ3v) is 14.4. The van der Waals surface area contributed by atoms with Gasteiger partial charge in [0.15, 0.2) is 6.82 Å². The van der Waals surface area contributed by atoms with Crippen LogP contribution in [0.5, 0.6) is 0 Å². The van der Waals surface area contributed by atoms with Gasteiger partial charge in [0.1, 0.15) is 0 Å². The van der Waals surface area contributed by atoms with Crippen molar-refractivity contribution in [2.24, 2.45) is 0 Å². The topological polar surface area (TPSA) is 68.3 Å². The molecule has 4 rings (SSSR count). The summed E-state index contributed by atoms with van der Waals surface area (Å²) >= 11 is 6.78. The third-order valence-electron chi connectivity index (χ3n) is 3.21. The molecule has 4 nitrogen and oxygen atoms in total. The summed E-state index contributed by atoms with van der Waals surface area (Å²) in [7, 11) is 0. The Morgan fingerprint density at radius 2 is 1.04 bits per heavy atom. The highest BCUT2D eigenvalue weighted by atomic mass is 32.3. The second-order valence-corrected chi connectivity index (χ2v) is 13.9. The van der Waals surface area contributed by atoms with E-state index < -0.39 is 27.3 Å². The molecule has 3 aliphatic heterocycles. The highest BCUT2D eigenvalue weighted by Crippen LogP contribution is 2.82. The van der Waals surface area contributed by atoms with Crippen molar-refractivity contribution in [1.82, 2.24) is 0 Å². The lowest BCUT2D eigenvalue weighted by atomic mass is 10.2. The van der Waals surface area contributed by atoms with E-state index in [2.05, 4.69) is 0 Å². The van der Waals surface area contributed by atoms with Crippen LogP contribution >= 0.6 is 70.6 Å². The van der Waals surface area contributed by atoms with Gasteiger partial charge in [-0.3, -0.25) is 19.2 Å². The molecule has 0 bridgehead atoms. The van der Waals surface area contributed by atoms with Crippen LogP contribution in [0.25, 0.3) is 0 Å². The Labute approximate surface area is 156 Å². The zero-order chi connectivity index (χ0) is 16.2. The number of hydrogen-bond acceptors (Lipinski definition) is 10. The lowest BCUT2D eigenvalue weighted by Crippen LogP contribution is -2.31. The maximum Gasteiger partial charge on any atom is 0.268 e. The maximum atomic E-state index is 11.9. The standard InChI is InChI=1S/C13H6O4S6/c14-7-8(15)19-12(18-7)13(20-9(16)10(17)21-13)23-11(22-12)6-4-2-1-3-5-6/h1-5,11H. The summed E-state index contributed by atoms with van der Waals surface area (Å²) < 4.78 is -1.76. The highest BCUT2D eigenvalue weighted by molar-refractivity contribution is 8.60. The van der Waals surface area contributed by atoms with Crippen LogP contribution < -0.4 is 0 Å². The number of hydrogen-bond donors (Lipinski definition) is 0. The van der Waals surface area contributed by atoms with Crippen molar-refractivity contribution in [3.05, 3.63) is 35.9 Å². The summed E-state index contributed by atoms with van der Waals surface area (Å²) in [5, 5.41) is -2.04. The Morgan fingerprint density at radius 1 is 0.652 bits per heavy atom. The van der Waals surface area contributed by atoms with Crippen molar-refractivity contribution in [3.8, 4) is 0 Å². The zero-order valence-corrected chi connectivity index (χ0v) is 15.9. The predicted molar refractivity (Wildman–Crippen MR) is 100 cm³/mol. The van der Waals surface area contributed by atoms with Crippen molar-refractivity contribution in [3.63, 3.8) is 0 Å². The molecule has 0 amide bonds. The molecule has 0 aromatic heterocycles. The number of benzene rings is 1. The monoisotopic (exact) mass is 418 g/mol. The lowest BCUT2D eigenvalue weighted by Gasteiger charge is -2.31. The average Bonchev–Trinajstić information content (AvgIpc) is 3.09. The third kappa shape index (κ3) is 2.53. The van der Waals surface area contributed by atoms with E-state index in [0.29, 0.717) is 0 Å². The molecule has 0 aliphatic carbocycles. The second-order valence-electron chi connectivity index (χ2n) is 4.65. The van der Waals surface area contributed by atoms with Crippen LogP contribution in [0.2, 0.25) is 0 Å². The van der Waals surface area contributed by atoms with Crippen molar-refractivity contribution in [2.75, 3.05) is 0 Å². The first-order chi connectivity index (χ1) is 10.9. The molecule has 2 spiro atoms. The van der Waals surface area contributed by atoms with Crippen LogP contribution in [0, 0.1) is 0 Å². The minimum Gasteiger partial charge on any atom is -0.277 e. The van der Waals surface area contributed by atoms with Gasteiger partial charge in [0.2, 0.25) is 0 Å².